The van der Waals surface area contributed by atoms with Crippen LogP contribution in [0.25, 0.3) is 6.08 Å². The Labute approximate surface area is 167 Å². The maximum Gasteiger partial charge on any atom is 0.246 e. The van der Waals surface area contributed by atoms with Gasteiger partial charge < -0.3 is 14.4 Å². The van der Waals surface area contributed by atoms with Gasteiger partial charge in [-0.3, -0.25) is 9.69 Å². The maximum atomic E-state index is 12.5. The molecule has 0 aromatic heterocycles. The largest absolute Gasteiger partial charge is 0.493 e. The highest BCUT2D eigenvalue weighted by Gasteiger charge is 2.19. The molecule has 2 aromatic rings. The van der Waals surface area contributed by atoms with Gasteiger partial charge in [-0.2, -0.15) is 0 Å². The predicted molar refractivity (Wildman–Crippen MR) is 111 cm³/mol. The topological polar surface area (TPSA) is 42.0 Å². The Bertz CT molecular complexity index is 797. The molecule has 0 saturated carbocycles. The molecule has 1 heterocycles. The fourth-order valence-electron chi connectivity index (χ4n) is 3.30. The Morgan fingerprint density at radius 3 is 2.46 bits per heavy atom. The van der Waals surface area contributed by atoms with E-state index in [0.29, 0.717) is 18.1 Å². The summed E-state index contributed by atoms with van der Waals surface area (Å²) in [6, 6.07) is 16.1. The summed E-state index contributed by atoms with van der Waals surface area (Å²) in [5.41, 5.74) is 2.22. The fourth-order valence-corrected chi connectivity index (χ4v) is 3.30. The van der Waals surface area contributed by atoms with E-state index in [2.05, 4.69) is 29.2 Å². The van der Waals surface area contributed by atoms with Crippen LogP contribution in [0, 0.1) is 0 Å². The van der Waals surface area contributed by atoms with Crippen molar-refractivity contribution in [2.45, 2.75) is 13.5 Å². The van der Waals surface area contributed by atoms with Gasteiger partial charge in [-0.1, -0.05) is 36.4 Å². The van der Waals surface area contributed by atoms with E-state index in [1.54, 1.807) is 13.2 Å². The summed E-state index contributed by atoms with van der Waals surface area (Å²) in [6.45, 7) is 6.75. The minimum Gasteiger partial charge on any atom is -0.493 e. The molecule has 0 N–H and O–H groups in total. The van der Waals surface area contributed by atoms with Crippen LogP contribution in [0.4, 0.5) is 0 Å². The molecule has 0 spiro atoms. The van der Waals surface area contributed by atoms with Crippen LogP contribution in [0.5, 0.6) is 11.5 Å². The molecule has 0 atom stereocenters. The van der Waals surface area contributed by atoms with Crippen LogP contribution in [-0.2, 0) is 11.3 Å². The Morgan fingerprint density at radius 1 is 1.04 bits per heavy atom. The molecule has 1 saturated heterocycles. The van der Waals surface area contributed by atoms with E-state index in [1.165, 1.54) is 5.56 Å². The van der Waals surface area contributed by atoms with Gasteiger partial charge in [0, 0.05) is 38.8 Å². The van der Waals surface area contributed by atoms with Crippen molar-refractivity contribution in [2.24, 2.45) is 0 Å². The van der Waals surface area contributed by atoms with Gasteiger partial charge in [0.15, 0.2) is 11.5 Å². The molecule has 0 aliphatic carbocycles. The summed E-state index contributed by atoms with van der Waals surface area (Å²) >= 11 is 0. The molecular weight excluding hydrogens is 352 g/mol. The van der Waals surface area contributed by atoms with E-state index in [9.17, 15) is 4.79 Å². The van der Waals surface area contributed by atoms with Crippen molar-refractivity contribution < 1.29 is 14.3 Å². The van der Waals surface area contributed by atoms with Gasteiger partial charge >= 0.3 is 0 Å². The zero-order chi connectivity index (χ0) is 19.8. The summed E-state index contributed by atoms with van der Waals surface area (Å²) in [6.07, 6.45) is 3.47. The van der Waals surface area contributed by atoms with Gasteiger partial charge in [-0.15, -0.1) is 0 Å². The molecule has 3 rings (SSSR count). The third-order valence-electron chi connectivity index (χ3n) is 4.84. The first-order valence-corrected chi connectivity index (χ1v) is 9.73. The zero-order valence-electron chi connectivity index (χ0n) is 16.6. The lowest BCUT2D eigenvalue weighted by molar-refractivity contribution is -0.127. The minimum absolute atomic E-state index is 0.0483. The van der Waals surface area contributed by atoms with Gasteiger partial charge in [0.2, 0.25) is 5.91 Å². The van der Waals surface area contributed by atoms with Crippen LogP contribution < -0.4 is 9.47 Å². The van der Waals surface area contributed by atoms with Crippen LogP contribution in [0.1, 0.15) is 18.1 Å². The number of amides is 1. The molecule has 28 heavy (non-hydrogen) atoms. The molecule has 1 amide bonds. The van der Waals surface area contributed by atoms with E-state index in [4.69, 9.17) is 9.47 Å². The van der Waals surface area contributed by atoms with Gasteiger partial charge in [0.25, 0.3) is 0 Å². The van der Waals surface area contributed by atoms with Crippen molar-refractivity contribution in [1.29, 1.82) is 0 Å². The second-order valence-corrected chi connectivity index (χ2v) is 6.76. The standard InChI is InChI=1S/C23H28N2O3/c1-3-28-21-11-9-19(17-22(21)27-2)10-12-23(26)25-15-13-24(14-16-25)18-20-7-5-4-6-8-20/h4-12,17H,3,13-16,18H2,1-2H3/b12-10+. The lowest BCUT2D eigenvalue weighted by Gasteiger charge is -2.34. The second kappa shape index (κ2) is 9.95. The molecular formula is C23H28N2O3. The molecule has 0 unspecified atom stereocenters. The number of hydrogen-bond donors (Lipinski definition) is 0. The van der Waals surface area contributed by atoms with Crippen molar-refractivity contribution >= 4 is 12.0 Å². The third-order valence-corrected chi connectivity index (χ3v) is 4.84. The van der Waals surface area contributed by atoms with Gasteiger partial charge in [-0.05, 0) is 36.3 Å². The molecule has 0 radical (unpaired) electrons. The first kappa shape index (κ1) is 20.0. The molecule has 0 bridgehead atoms. The van der Waals surface area contributed by atoms with Crippen LogP contribution in [0.15, 0.2) is 54.6 Å². The Morgan fingerprint density at radius 2 is 1.79 bits per heavy atom. The van der Waals surface area contributed by atoms with Crippen molar-refractivity contribution in [1.82, 2.24) is 9.80 Å². The Kier molecular flexibility index (Phi) is 7.09. The Hall–Kier alpha value is -2.79. The molecule has 148 valence electrons. The summed E-state index contributed by atoms with van der Waals surface area (Å²) in [5.74, 6) is 1.43. The second-order valence-electron chi connectivity index (χ2n) is 6.76. The first-order chi connectivity index (χ1) is 13.7. The zero-order valence-corrected chi connectivity index (χ0v) is 16.6. The average Bonchev–Trinajstić information content (AvgIpc) is 2.74. The third kappa shape index (κ3) is 5.36. The number of piperazine rings is 1. The van der Waals surface area contributed by atoms with Gasteiger partial charge in [0.05, 0.1) is 13.7 Å². The normalized spacial score (nSPS) is 15.0. The van der Waals surface area contributed by atoms with E-state index in [-0.39, 0.29) is 5.91 Å². The Balaban J connectivity index is 1.52. The highest BCUT2D eigenvalue weighted by Crippen LogP contribution is 2.28. The quantitative estimate of drug-likeness (QED) is 0.690. The van der Waals surface area contributed by atoms with Crippen LogP contribution in [0.2, 0.25) is 0 Å². The lowest BCUT2D eigenvalue weighted by Crippen LogP contribution is -2.47. The van der Waals surface area contributed by atoms with Gasteiger partial charge in [-0.25, -0.2) is 0 Å². The van der Waals surface area contributed by atoms with Crippen LogP contribution in [-0.4, -0.2) is 55.6 Å². The first-order valence-electron chi connectivity index (χ1n) is 9.73. The van der Waals surface area contributed by atoms with Crippen molar-refractivity contribution in [3.63, 3.8) is 0 Å². The van der Waals surface area contributed by atoms with Gasteiger partial charge in [0.1, 0.15) is 0 Å². The average molecular weight is 380 g/mol. The van der Waals surface area contributed by atoms with E-state index in [0.717, 1.165) is 38.3 Å². The molecule has 1 fully saturated rings. The monoisotopic (exact) mass is 380 g/mol. The highest BCUT2D eigenvalue weighted by molar-refractivity contribution is 5.92. The number of ether oxygens (including phenoxy) is 2. The van der Waals surface area contributed by atoms with E-state index < -0.39 is 0 Å². The summed E-state index contributed by atoms with van der Waals surface area (Å²) in [7, 11) is 1.62. The summed E-state index contributed by atoms with van der Waals surface area (Å²) in [5, 5.41) is 0. The SMILES string of the molecule is CCOc1ccc(/C=C/C(=O)N2CCN(Cc3ccccc3)CC2)cc1OC. The smallest absolute Gasteiger partial charge is 0.246 e. The van der Waals surface area contributed by atoms with Crippen molar-refractivity contribution in [3.05, 3.63) is 65.7 Å². The maximum absolute atomic E-state index is 12.5. The number of rotatable bonds is 7. The predicted octanol–water partition coefficient (Wildman–Crippen LogP) is 3.45. The van der Waals surface area contributed by atoms with Crippen LogP contribution in [0.3, 0.4) is 0 Å². The molecule has 2 aromatic carbocycles. The van der Waals surface area contributed by atoms with Crippen molar-refractivity contribution in [2.75, 3.05) is 39.9 Å². The molecule has 1 aliphatic heterocycles. The van der Waals surface area contributed by atoms with E-state index >= 15 is 0 Å². The van der Waals surface area contributed by atoms with Crippen molar-refractivity contribution in [3.8, 4) is 11.5 Å². The fraction of sp³-hybridized carbons (Fsp3) is 0.348. The van der Waals surface area contributed by atoms with Crippen LogP contribution >= 0.6 is 0 Å². The number of hydrogen-bond acceptors (Lipinski definition) is 4. The number of methoxy groups -OCH3 is 1. The molecule has 1 aliphatic rings. The number of benzene rings is 2. The van der Waals surface area contributed by atoms with E-state index in [1.807, 2.05) is 42.2 Å². The lowest BCUT2D eigenvalue weighted by atomic mass is 10.1. The highest BCUT2D eigenvalue weighted by atomic mass is 16.5. The number of nitrogens with zero attached hydrogens (tertiary/aromatic N) is 2. The minimum atomic E-state index is 0.0483. The molecule has 5 heteroatoms. The summed E-state index contributed by atoms with van der Waals surface area (Å²) in [4.78, 5) is 16.8. The number of carbonyl (C=O) groups is 1. The summed E-state index contributed by atoms with van der Waals surface area (Å²) < 4.78 is 10.9. The molecule has 5 nitrogen and oxygen atoms in total. The number of carbonyl (C=O) groups excluding carboxylic acids is 1.